The minimum absolute atomic E-state index is 0.00602. The first-order valence-electron chi connectivity index (χ1n) is 4.94. The van der Waals surface area contributed by atoms with Crippen LogP contribution >= 0.6 is 15.9 Å². The van der Waals surface area contributed by atoms with Gasteiger partial charge >= 0.3 is 0 Å². The lowest BCUT2D eigenvalue weighted by atomic mass is 10.1. The average Bonchev–Trinajstić information content (AvgIpc) is 2.31. The van der Waals surface area contributed by atoms with Gasteiger partial charge in [0.05, 0.1) is 6.54 Å². The van der Waals surface area contributed by atoms with Crippen LogP contribution < -0.4 is 5.73 Å². The van der Waals surface area contributed by atoms with Gasteiger partial charge in [0.1, 0.15) is 0 Å². The molecule has 0 saturated heterocycles. The van der Waals surface area contributed by atoms with Crippen molar-refractivity contribution < 1.29 is 10.0 Å². The molecule has 5 nitrogen and oxygen atoms in total. The smallest absolute Gasteiger partial charge is 0.254 e. The predicted octanol–water partition coefficient (Wildman–Crippen LogP) is 1.58. The molecule has 17 heavy (non-hydrogen) atoms. The van der Waals surface area contributed by atoms with Crippen LogP contribution in [0.3, 0.4) is 0 Å². The zero-order chi connectivity index (χ0) is 13.0. The van der Waals surface area contributed by atoms with E-state index in [1.54, 1.807) is 19.2 Å². The van der Waals surface area contributed by atoms with E-state index < -0.39 is 0 Å². The normalized spacial score (nSPS) is 11.4. The van der Waals surface area contributed by atoms with Crippen molar-refractivity contribution >= 4 is 27.7 Å². The quantitative estimate of drug-likeness (QED) is 0.385. The van der Waals surface area contributed by atoms with Crippen molar-refractivity contribution in [2.24, 2.45) is 10.9 Å². The van der Waals surface area contributed by atoms with Crippen LogP contribution in [0.15, 0.2) is 27.8 Å². The summed E-state index contributed by atoms with van der Waals surface area (Å²) in [5.74, 6) is -0.177. The number of amidine groups is 1. The molecular formula is C11H14BrN3O2. The second-order valence-electron chi connectivity index (χ2n) is 3.66. The summed E-state index contributed by atoms with van der Waals surface area (Å²) in [5, 5.41) is 11.3. The number of carbonyl (C=O) groups is 1. The van der Waals surface area contributed by atoms with Crippen LogP contribution in [0.1, 0.15) is 15.9 Å². The third kappa shape index (κ3) is 3.20. The molecule has 1 aromatic rings. The van der Waals surface area contributed by atoms with E-state index in [0.717, 1.165) is 10.0 Å². The molecule has 0 heterocycles. The maximum absolute atomic E-state index is 12.1. The molecule has 1 rings (SSSR count). The highest BCUT2D eigenvalue weighted by Gasteiger charge is 2.15. The molecule has 0 aliphatic rings. The zero-order valence-electron chi connectivity index (χ0n) is 9.64. The Morgan fingerprint density at radius 3 is 2.82 bits per heavy atom. The Balaban J connectivity index is 2.93. The topological polar surface area (TPSA) is 78.9 Å². The molecule has 0 unspecified atom stereocenters. The van der Waals surface area contributed by atoms with Crippen molar-refractivity contribution in [3.8, 4) is 0 Å². The van der Waals surface area contributed by atoms with Crippen LogP contribution in [-0.2, 0) is 0 Å². The van der Waals surface area contributed by atoms with E-state index in [2.05, 4.69) is 21.1 Å². The highest BCUT2D eigenvalue weighted by Crippen LogP contribution is 2.20. The van der Waals surface area contributed by atoms with Crippen LogP contribution in [-0.4, -0.2) is 35.4 Å². The van der Waals surface area contributed by atoms with Crippen molar-refractivity contribution in [2.75, 3.05) is 13.6 Å². The highest BCUT2D eigenvalue weighted by molar-refractivity contribution is 9.10. The van der Waals surface area contributed by atoms with Crippen molar-refractivity contribution in [3.63, 3.8) is 0 Å². The number of hydrogen-bond donors (Lipinski definition) is 2. The Bertz CT molecular complexity index is 460. The van der Waals surface area contributed by atoms with E-state index in [1.807, 2.05) is 13.0 Å². The van der Waals surface area contributed by atoms with E-state index in [9.17, 15) is 4.79 Å². The van der Waals surface area contributed by atoms with Crippen LogP contribution in [0.4, 0.5) is 0 Å². The molecule has 0 aliphatic heterocycles. The summed E-state index contributed by atoms with van der Waals surface area (Å²) >= 11 is 3.37. The second kappa shape index (κ2) is 5.67. The summed E-state index contributed by atoms with van der Waals surface area (Å²) < 4.78 is 0.876. The summed E-state index contributed by atoms with van der Waals surface area (Å²) in [5.41, 5.74) is 6.81. The molecule has 0 spiro atoms. The number of nitrogens with zero attached hydrogens (tertiary/aromatic N) is 2. The van der Waals surface area contributed by atoms with Gasteiger partial charge in [-0.05, 0) is 24.6 Å². The Labute approximate surface area is 108 Å². The molecule has 0 fully saturated rings. The van der Waals surface area contributed by atoms with Gasteiger partial charge in [-0.3, -0.25) is 4.79 Å². The van der Waals surface area contributed by atoms with Gasteiger partial charge in [0.25, 0.3) is 5.91 Å². The summed E-state index contributed by atoms with van der Waals surface area (Å²) in [4.78, 5) is 13.5. The van der Waals surface area contributed by atoms with E-state index in [1.165, 1.54) is 4.90 Å². The van der Waals surface area contributed by atoms with Gasteiger partial charge < -0.3 is 15.8 Å². The largest absolute Gasteiger partial charge is 0.409 e. The van der Waals surface area contributed by atoms with Gasteiger partial charge in [0.15, 0.2) is 5.84 Å². The number of benzene rings is 1. The second-order valence-corrected chi connectivity index (χ2v) is 4.52. The molecular weight excluding hydrogens is 286 g/mol. The van der Waals surface area contributed by atoms with E-state index >= 15 is 0 Å². The van der Waals surface area contributed by atoms with Crippen molar-refractivity contribution in [1.29, 1.82) is 0 Å². The molecule has 1 aromatic carbocycles. The van der Waals surface area contributed by atoms with Gasteiger partial charge in [-0.2, -0.15) is 0 Å². The number of hydrogen-bond acceptors (Lipinski definition) is 3. The van der Waals surface area contributed by atoms with Crippen LogP contribution in [0, 0.1) is 6.92 Å². The Morgan fingerprint density at radius 2 is 2.24 bits per heavy atom. The van der Waals surface area contributed by atoms with Crippen molar-refractivity contribution in [1.82, 2.24) is 4.90 Å². The monoisotopic (exact) mass is 299 g/mol. The molecule has 92 valence electrons. The lowest BCUT2D eigenvalue weighted by molar-refractivity contribution is 0.0813. The van der Waals surface area contributed by atoms with Crippen molar-refractivity contribution in [2.45, 2.75) is 6.92 Å². The summed E-state index contributed by atoms with van der Waals surface area (Å²) in [6.45, 7) is 1.94. The minimum atomic E-state index is -0.171. The fourth-order valence-corrected chi connectivity index (χ4v) is 1.76. The third-order valence-corrected chi connectivity index (χ3v) is 3.23. The van der Waals surface area contributed by atoms with Crippen LogP contribution in [0.25, 0.3) is 0 Å². The predicted molar refractivity (Wildman–Crippen MR) is 69.2 cm³/mol. The molecule has 0 atom stereocenters. The van der Waals surface area contributed by atoms with Gasteiger partial charge in [0, 0.05) is 17.1 Å². The number of likely N-dealkylation sites (N-methyl/N-ethyl adjacent to an activating group) is 1. The lowest BCUT2D eigenvalue weighted by Crippen LogP contribution is -2.35. The molecule has 0 saturated carbocycles. The summed E-state index contributed by atoms with van der Waals surface area (Å²) in [7, 11) is 1.60. The molecule has 0 bridgehead atoms. The number of halogens is 1. The third-order valence-electron chi connectivity index (χ3n) is 2.37. The van der Waals surface area contributed by atoms with Gasteiger partial charge in [-0.25, -0.2) is 0 Å². The lowest BCUT2D eigenvalue weighted by Gasteiger charge is -2.17. The Morgan fingerprint density at radius 1 is 1.59 bits per heavy atom. The molecule has 6 heteroatoms. The molecule has 3 N–H and O–H groups in total. The van der Waals surface area contributed by atoms with E-state index in [4.69, 9.17) is 10.9 Å². The summed E-state index contributed by atoms with van der Waals surface area (Å²) in [6, 6.07) is 5.41. The first-order valence-corrected chi connectivity index (χ1v) is 5.73. The molecule has 0 aromatic heterocycles. The minimum Gasteiger partial charge on any atom is -0.409 e. The number of rotatable bonds is 3. The number of oxime groups is 1. The molecule has 1 amide bonds. The first kappa shape index (κ1) is 13.5. The SMILES string of the molecule is Cc1c(Br)cccc1C(=O)N(C)CC(N)=NO. The standard InChI is InChI=1S/C11H14BrN3O2/c1-7-8(4-3-5-9(7)12)11(16)15(2)6-10(13)14-17/h3-5,17H,6H2,1-2H3,(H2,13,14). The van der Waals surface area contributed by atoms with Gasteiger partial charge in [-0.1, -0.05) is 27.2 Å². The number of nitrogens with two attached hydrogens (primary N) is 1. The van der Waals surface area contributed by atoms with E-state index in [0.29, 0.717) is 5.56 Å². The van der Waals surface area contributed by atoms with E-state index in [-0.39, 0.29) is 18.3 Å². The zero-order valence-corrected chi connectivity index (χ0v) is 11.2. The fourth-order valence-electron chi connectivity index (χ4n) is 1.39. The van der Waals surface area contributed by atoms with Crippen LogP contribution in [0.2, 0.25) is 0 Å². The fraction of sp³-hybridized carbons (Fsp3) is 0.273. The van der Waals surface area contributed by atoms with Crippen molar-refractivity contribution in [3.05, 3.63) is 33.8 Å². The highest BCUT2D eigenvalue weighted by atomic mass is 79.9. The average molecular weight is 300 g/mol. The Hall–Kier alpha value is -1.56. The van der Waals surface area contributed by atoms with Gasteiger partial charge in [0.2, 0.25) is 0 Å². The number of carbonyl (C=O) groups excluding carboxylic acids is 1. The maximum Gasteiger partial charge on any atom is 0.254 e. The molecule has 0 radical (unpaired) electrons. The Kier molecular flexibility index (Phi) is 4.51. The maximum atomic E-state index is 12.1. The summed E-state index contributed by atoms with van der Waals surface area (Å²) in [6.07, 6.45) is 0. The van der Waals surface area contributed by atoms with Crippen LogP contribution in [0.5, 0.6) is 0 Å². The first-order chi connectivity index (χ1) is 7.97. The molecule has 0 aliphatic carbocycles. The van der Waals surface area contributed by atoms with Gasteiger partial charge in [-0.15, -0.1) is 0 Å². The number of amides is 1.